The van der Waals surface area contributed by atoms with E-state index in [0.29, 0.717) is 31.1 Å². The molecule has 4 rings (SSSR count). The summed E-state index contributed by atoms with van der Waals surface area (Å²) in [7, 11) is -0.884. The van der Waals surface area contributed by atoms with Gasteiger partial charge in [-0.1, -0.05) is 26.0 Å². The Balaban J connectivity index is 1.53. The molecule has 2 saturated heterocycles. The first-order chi connectivity index (χ1) is 20.1. The molecule has 11 nitrogen and oxygen atoms in total. The molecule has 1 amide bonds. The van der Waals surface area contributed by atoms with Crippen LogP contribution < -0.4 is 14.8 Å². The molecule has 0 bridgehead atoms. The number of methoxy groups -OCH3 is 2. The topological polar surface area (TPSA) is 133 Å². The third-order valence-electron chi connectivity index (χ3n) is 7.54. The van der Waals surface area contributed by atoms with Crippen LogP contribution in [-0.2, 0) is 30.7 Å². The zero-order chi connectivity index (χ0) is 30.3. The second-order valence-corrected chi connectivity index (χ2v) is 13.0. The maximum absolute atomic E-state index is 13.7. The SMILES string of the molecule is COc1ccc(C[C@H](NC(=O)O[C@H]2CCO[C@H]3OCC[C@H]32)[C@H](O)CN(CC(C)C)S(=O)(=O)c2ccc(OC)cc2)cc1. The van der Waals surface area contributed by atoms with Gasteiger partial charge in [-0.05, 0) is 60.7 Å². The Morgan fingerprint density at radius 3 is 2.17 bits per heavy atom. The summed E-state index contributed by atoms with van der Waals surface area (Å²) in [5, 5.41) is 14.3. The van der Waals surface area contributed by atoms with Crippen molar-refractivity contribution in [1.82, 2.24) is 9.62 Å². The molecule has 2 aliphatic heterocycles. The lowest BCUT2D eigenvalue weighted by molar-refractivity contribution is -0.179. The first kappa shape index (κ1) is 32.0. The van der Waals surface area contributed by atoms with Crippen molar-refractivity contribution in [2.75, 3.05) is 40.5 Å². The van der Waals surface area contributed by atoms with E-state index < -0.39 is 28.3 Å². The average molecular weight is 607 g/mol. The number of amides is 1. The number of rotatable bonds is 13. The Bertz CT molecular complexity index is 1250. The van der Waals surface area contributed by atoms with Gasteiger partial charge in [0.1, 0.15) is 17.6 Å². The van der Waals surface area contributed by atoms with Crippen LogP contribution >= 0.6 is 0 Å². The van der Waals surface area contributed by atoms with Gasteiger partial charge >= 0.3 is 6.09 Å². The summed E-state index contributed by atoms with van der Waals surface area (Å²) in [4.78, 5) is 13.2. The van der Waals surface area contributed by atoms with E-state index in [9.17, 15) is 18.3 Å². The Morgan fingerprint density at radius 2 is 1.57 bits per heavy atom. The molecule has 0 aromatic heterocycles. The molecule has 5 atom stereocenters. The van der Waals surface area contributed by atoms with Crippen LogP contribution in [0.1, 0.15) is 32.3 Å². The van der Waals surface area contributed by atoms with E-state index in [-0.39, 0.29) is 48.6 Å². The van der Waals surface area contributed by atoms with Crippen LogP contribution in [0.2, 0.25) is 0 Å². The second kappa shape index (κ2) is 14.5. The molecular weight excluding hydrogens is 564 g/mol. The normalized spacial score (nSPS) is 21.9. The summed E-state index contributed by atoms with van der Waals surface area (Å²) >= 11 is 0. The van der Waals surface area contributed by atoms with Gasteiger partial charge in [-0.3, -0.25) is 0 Å². The molecule has 2 aliphatic rings. The fourth-order valence-corrected chi connectivity index (χ4v) is 6.93. The molecule has 2 N–H and O–H groups in total. The van der Waals surface area contributed by atoms with Gasteiger partial charge in [-0.2, -0.15) is 4.31 Å². The Labute approximate surface area is 248 Å². The van der Waals surface area contributed by atoms with E-state index >= 15 is 0 Å². The highest BCUT2D eigenvalue weighted by Crippen LogP contribution is 2.32. The van der Waals surface area contributed by atoms with Gasteiger partial charge < -0.3 is 34.1 Å². The predicted molar refractivity (Wildman–Crippen MR) is 155 cm³/mol. The molecule has 0 unspecified atom stereocenters. The number of aliphatic hydroxyl groups is 1. The maximum Gasteiger partial charge on any atom is 0.407 e. The molecule has 2 heterocycles. The van der Waals surface area contributed by atoms with Crippen LogP contribution in [0.3, 0.4) is 0 Å². The fraction of sp³-hybridized carbons (Fsp3) is 0.567. The van der Waals surface area contributed by atoms with E-state index in [4.69, 9.17) is 23.7 Å². The number of aliphatic hydroxyl groups excluding tert-OH is 1. The van der Waals surface area contributed by atoms with Crippen molar-refractivity contribution in [3.05, 3.63) is 54.1 Å². The molecule has 0 spiro atoms. The Morgan fingerprint density at radius 1 is 0.976 bits per heavy atom. The van der Waals surface area contributed by atoms with Crippen LogP contribution in [0.4, 0.5) is 4.79 Å². The van der Waals surface area contributed by atoms with Crippen LogP contribution in [0.5, 0.6) is 11.5 Å². The zero-order valence-electron chi connectivity index (χ0n) is 24.6. The first-order valence-corrected chi connectivity index (χ1v) is 15.7. The van der Waals surface area contributed by atoms with Crippen LogP contribution in [0.15, 0.2) is 53.4 Å². The smallest absolute Gasteiger partial charge is 0.407 e. The number of ether oxygens (including phenoxy) is 5. The lowest BCUT2D eigenvalue weighted by Crippen LogP contribution is -2.52. The number of hydrogen-bond acceptors (Lipinski definition) is 9. The molecule has 0 radical (unpaired) electrons. The van der Waals surface area contributed by atoms with Gasteiger partial charge in [-0.25, -0.2) is 13.2 Å². The maximum atomic E-state index is 13.7. The zero-order valence-corrected chi connectivity index (χ0v) is 25.4. The van der Waals surface area contributed by atoms with Gasteiger partial charge in [0, 0.05) is 25.4 Å². The number of benzene rings is 2. The third kappa shape index (κ3) is 8.13. The quantitative estimate of drug-likeness (QED) is 0.353. The van der Waals surface area contributed by atoms with Gasteiger partial charge in [-0.15, -0.1) is 0 Å². The molecule has 2 fully saturated rings. The number of alkyl carbamates (subject to hydrolysis) is 1. The monoisotopic (exact) mass is 606 g/mol. The van der Waals surface area contributed by atoms with E-state index in [1.807, 2.05) is 26.0 Å². The third-order valence-corrected chi connectivity index (χ3v) is 9.39. The minimum Gasteiger partial charge on any atom is -0.497 e. The van der Waals surface area contributed by atoms with E-state index in [1.165, 1.54) is 23.5 Å². The summed E-state index contributed by atoms with van der Waals surface area (Å²) in [5.74, 6) is 1.14. The predicted octanol–water partition coefficient (Wildman–Crippen LogP) is 3.20. The number of carbonyl (C=O) groups excluding carboxylic acids is 1. The van der Waals surface area contributed by atoms with Crippen molar-refractivity contribution in [1.29, 1.82) is 0 Å². The highest BCUT2D eigenvalue weighted by atomic mass is 32.2. The van der Waals surface area contributed by atoms with Crippen molar-refractivity contribution >= 4 is 16.1 Å². The Hall–Kier alpha value is -2.90. The lowest BCUT2D eigenvalue weighted by Gasteiger charge is -2.33. The van der Waals surface area contributed by atoms with Gasteiger partial charge in [0.15, 0.2) is 6.29 Å². The molecular formula is C30H42N2O9S. The number of fused-ring (bicyclic) bond motifs is 1. The number of carbonyl (C=O) groups is 1. The van der Waals surface area contributed by atoms with Crippen molar-refractivity contribution in [2.45, 2.75) is 62.5 Å². The number of sulfonamides is 1. The summed E-state index contributed by atoms with van der Waals surface area (Å²) in [6, 6.07) is 12.5. The molecule has 232 valence electrons. The largest absolute Gasteiger partial charge is 0.497 e. The summed E-state index contributed by atoms with van der Waals surface area (Å²) in [6.07, 6.45) is -1.17. The van der Waals surface area contributed by atoms with E-state index in [1.54, 1.807) is 31.4 Å². The van der Waals surface area contributed by atoms with Crippen molar-refractivity contribution in [2.24, 2.45) is 11.8 Å². The summed E-state index contributed by atoms with van der Waals surface area (Å²) in [5.41, 5.74) is 0.823. The highest BCUT2D eigenvalue weighted by molar-refractivity contribution is 7.89. The molecule has 12 heteroatoms. The highest BCUT2D eigenvalue weighted by Gasteiger charge is 2.41. The molecule has 2 aromatic carbocycles. The van der Waals surface area contributed by atoms with Crippen molar-refractivity contribution in [3.63, 3.8) is 0 Å². The van der Waals surface area contributed by atoms with Crippen molar-refractivity contribution < 1.29 is 42.0 Å². The molecule has 0 aliphatic carbocycles. The van der Waals surface area contributed by atoms with Gasteiger partial charge in [0.2, 0.25) is 10.0 Å². The minimum atomic E-state index is -3.96. The first-order valence-electron chi connectivity index (χ1n) is 14.3. The summed E-state index contributed by atoms with van der Waals surface area (Å²) in [6.45, 7) is 4.72. The average Bonchev–Trinajstić information content (AvgIpc) is 3.47. The van der Waals surface area contributed by atoms with Crippen molar-refractivity contribution in [3.8, 4) is 11.5 Å². The minimum absolute atomic E-state index is 0.0155. The second-order valence-electron chi connectivity index (χ2n) is 11.1. The number of nitrogens with one attached hydrogen (secondary N) is 1. The number of nitrogens with zero attached hydrogens (tertiary/aromatic N) is 1. The molecule has 42 heavy (non-hydrogen) atoms. The molecule has 0 saturated carbocycles. The van der Waals surface area contributed by atoms with Crippen LogP contribution in [0.25, 0.3) is 0 Å². The standard InChI is InChI=1S/C30H42N2O9S/c1-20(2)18-32(42(35,36)24-11-9-23(38-4)10-12-24)19-27(33)26(17-21-5-7-22(37-3)8-6-21)31-30(34)41-28-14-16-40-29-25(28)13-15-39-29/h5-12,20,25-29,33H,13-19H2,1-4H3,(H,31,34)/t25-,26-,27+,28-,29+/m0/s1. The van der Waals surface area contributed by atoms with Crippen LogP contribution in [-0.4, -0.2) is 89.0 Å². The fourth-order valence-electron chi connectivity index (χ4n) is 5.31. The lowest BCUT2D eigenvalue weighted by atomic mass is 9.95. The summed E-state index contributed by atoms with van der Waals surface area (Å²) < 4.78 is 56.0. The van der Waals surface area contributed by atoms with E-state index in [2.05, 4.69) is 5.32 Å². The Kier molecular flexibility index (Phi) is 11.1. The van der Waals surface area contributed by atoms with Gasteiger partial charge in [0.25, 0.3) is 0 Å². The number of hydrogen-bond donors (Lipinski definition) is 2. The van der Waals surface area contributed by atoms with E-state index in [0.717, 1.165) is 12.0 Å². The van der Waals surface area contributed by atoms with Crippen LogP contribution in [0, 0.1) is 11.8 Å². The molecule has 2 aromatic rings. The van der Waals surface area contributed by atoms with Gasteiger partial charge in [0.05, 0.1) is 44.5 Å².